The Labute approximate surface area is 197 Å². The highest BCUT2D eigenvalue weighted by Crippen LogP contribution is 2.48. The number of pyridine rings is 1. The molecule has 1 amide bonds. The van der Waals surface area contributed by atoms with Crippen LogP contribution >= 0.6 is 0 Å². The van der Waals surface area contributed by atoms with Crippen molar-refractivity contribution < 1.29 is 19.6 Å². The molecule has 2 heterocycles. The predicted molar refractivity (Wildman–Crippen MR) is 124 cm³/mol. The molecule has 1 saturated heterocycles. The molecule has 0 radical (unpaired) electrons. The van der Waals surface area contributed by atoms with Crippen LogP contribution in [-0.4, -0.2) is 50.9 Å². The van der Waals surface area contributed by atoms with Crippen LogP contribution in [0.5, 0.6) is 0 Å². The molecule has 2 unspecified atom stereocenters. The Hall–Kier alpha value is -3.71. The minimum Gasteiger partial charge on any atom is -0.444 e. The number of amides is 1. The van der Waals surface area contributed by atoms with Gasteiger partial charge in [-0.05, 0) is 63.8 Å². The molecule has 2 fully saturated rings. The molecule has 0 bridgehead atoms. The van der Waals surface area contributed by atoms with Crippen LogP contribution in [-0.2, 0) is 4.74 Å². The number of hydrogen-bond donors (Lipinski definition) is 2. The van der Waals surface area contributed by atoms with Crippen molar-refractivity contribution in [1.82, 2.24) is 10.3 Å². The fraction of sp³-hybridized carbons (Fsp3) is 0.458. The molecule has 2 atom stereocenters. The molecule has 1 aliphatic carbocycles. The van der Waals surface area contributed by atoms with E-state index in [-0.39, 0.29) is 18.3 Å². The Morgan fingerprint density at radius 1 is 1.38 bits per heavy atom. The van der Waals surface area contributed by atoms with Crippen molar-refractivity contribution in [2.75, 3.05) is 11.4 Å². The third kappa shape index (κ3) is 4.79. The summed E-state index contributed by atoms with van der Waals surface area (Å²) >= 11 is 0. The van der Waals surface area contributed by atoms with Crippen molar-refractivity contribution in [3.63, 3.8) is 0 Å². The Kier molecular flexibility index (Phi) is 5.91. The Morgan fingerprint density at radius 3 is 2.74 bits per heavy atom. The first-order valence-electron chi connectivity index (χ1n) is 11.1. The Balaban J connectivity index is 1.71. The van der Waals surface area contributed by atoms with E-state index >= 15 is 0 Å². The van der Waals surface area contributed by atoms with Crippen LogP contribution in [0.1, 0.15) is 45.6 Å². The van der Waals surface area contributed by atoms with Gasteiger partial charge in [-0.15, -0.1) is 0 Å². The minimum absolute atomic E-state index is 0.113. The zero-order valence-electron chi connectivity index (χ0n) is 19.3. The van der Waals surface area contributed by atoms with E-state index in [2.05, 4.69) is 16.4 Å². The normalized spacial score (nSPS) is 21.0. The largest absolute Gasteiger partial charge is 0.444 e. The molecule has 34 heavy (non-hydrogen) atoms. The van der Waals surface area contributed by atoms with Gasteiger partial charge in [0, 0.05) is 30.6 Å². The van der Waals surface area contributed by atoms with Crippen molar-refractivity contribution >= 4 is 17.5 Å². The van der Waals surface area contributed by atoms with Gasteiger partial charge in [0.15, 0.2) is 0 Å². The molecule has 2 aliphatic rings. The minimum atomic E-state index is -0.972. The number of nitrogens with zero attached hydrogens (tertiary/aromatic N) is 4. The van der Waals surface area contributed by atoms with Crippen molar-refractivity contribution in [1.29, 1.82) is 5.26 Å². The first kappa shape index (κ1) is 23.4. The summed E-state index contributed by atoms with van der Waals surface area (Å²) < 4.78 is 5.36. The molecule has 10 nitrogen and oxygen atoms in total. The topological polar surface area (TPSA) is 142 Å². The molecular formula is C24H27N5O5. The highest BCUT2D eigenvalue weighted by Gasteiger charge is 2.54. The van der Waals surface area contributed by atoms with Crippen LogP contribution in [0.25, 0.3) is 11.1 Å². The van der Waals surface area contributed by atoms with Gasteiger partial charge in [0.25, 0.3) is 5.69 Å². The maximum atomic E-state index is 12.4. The summed E-state index contributed by atoms with van der Waals surface area (Å²) in [6.07, 6.45) is 4.09. The lowest BCUT2D eigenvalue weighted by molar-refractivity contribution is -0.384. The van der Waals surface area contributed by atoms with Gasteiger partial charge in [-0.25, -0.2) is 4.79 Å². The number of carbonyl (C=O) groups excluding carboxylic acids is 1. The van der Waals surface area contributed by atoms with Crippen molar-refractivity contribution in [2.24, 2.45) is 0 Å². The molecular weight excluding hydrogens is 438 g/mol. The number of benzene rings is 1. The van der Waals surface area contributed by atoms with Crippen LogP contribution in [0.4, 0.5) is 16.2 Å². The molecule has 2 N–H and O–H groups in total. The molecule has 1 aliphatic heterocycles. The van der Waals surface area contributed by atoms with E-state index in [1.54, 1.807) is 50.1 Å². The highest BCUT2D eigenvalue weighted by atomic mass is 16.6. The second-order valence-corrected chi connectivity index (χ2v) is 9.84. The number of carbonyl (C=O) groups is 1. The van der Waals surface area contributed by atoms with E-state index in [9.17, 15) is 25.3 Å². The zero-order chi connectivity index (χ0) is 24.7. The van der Waals surface area contributed by atoms with Crippen molar-refractivity contribution in [2.45, 2.75) is 63.3 Å². The van der Waals surface area contributed by atoms with Crippen LogP contribution in [0, 0.1) is 21.4 Å². The van der Waals surface area contributed by atoms with Crippen LogP contribution in [0.3, 0.4) is 0 Å². The second kappa shape index (κ2) is 8.57. The number of nitrogens with one attached hydrogen (secondary N) is 1. The molecule has 4 rings (SSSR count). The predicted octanol–water partition coefficient (Wildman–Crippen LogP) is 3.53. The number of anilines is 1. The monoisotopic (exact) mass is 465 g/mol. The first-order valence-corrected chi connectivity index (χ1v) is 11.1. The Morgan fingerprint density at radius 2 is 2.12 bits per heavy atom. The molecule has 1 aromatic carbocycles. The van der Waals surface area contributed by atoms with Gasteiger partial charge in [0.05, 0.1) is 34.2 Å². The van der Waals surface area contributed by atoms with Gasteiger partial charge < -0.3 is 20.1 Å². The van der Waals surface area contributed by atoms with Gasteiger partial charge >= 0.3 is 6.09 Å². The standard InChI is InChI=1S/C24H27N5O5/c1-23(2,3)34-22(30)27-17-11-21(24(31)7-8-24)28(14-17)20-10-15(4-5-19(20)29(32)33)18-13-26-9-6-16(18)12-25/h4-6,9-10,13,17,21,31H,7-8,11,14H2,1-3H3,(H,27,30). The number of rotatable bonds is 5. The second-order valence-electron chi connectivity index (χ2n) is 9.84. The Bertz CT molecular complexity index is 1170. The molecule has 1 aromatic heterocycles. The fourth-order valence-corrected chi connectivity index (χ4v) is 4.45. The van der Waals surface area contributed by atoms with Gasteiger partial charge in [0.2, 0.25) is 0 Å². The summed E-state index contributed by atoms with van der Waals surface area (Å²) in [5.74, 6) is 0. The van der Waals surface area contributed by atoms with Gasteiger partial charge in [-0.3, -0.25) is 15.1 Å². The molecule has 0 spiro atoms. The molecule has 178 valence electrons. The van der Waals surface area contributed by atoms with Gasteiger partial charge in [0.1, 0.15) is 11.3 Å². The third-order valence-electron chi connectivity index (χ3n) is 6.14. The smallest absolute Gasteiger partial charge is 0.407 e. The number of nitro benzene ring substituents is 1. The van der Waals surface area contributed by atoms with E-state index in [1.807, 2.05) is 0 Å². The van der Waals surface area contributed by atoms with Crippen molar-refractivity contribution in [3.8, 4) is 17.2 Å². The summed E-state index contributed by atoms with van der Waals surface area (Å²) in [6.45, 7) is 5.58. The van der Waals surface area contributed by atoms with E-state index in [0.717, 1.165) is 0 Å². The number of aromatic nitrogens is 1. The maximum absolute atomic E-state index is 12.4. The fourth-order valence-electron chi connectivity index (χ4n) is 4.45. The third-order valence-corrected chi connectivity index (χ3v) is 6.14. The summed E-state index contributed by atoms with van der Waals surface area (Å²) in [5, 5.41) is 35.2. The van der Waals surface area contributed by atoms with Crippen molar-refractivity contribution in [3.05, 3.63) is 52.3 Å². The number of nitriles is 1. The number of aliphatic hydroxyl groups is 1. The van der Waals surface area contributed by atoms with Gasteiger partial charge in [-0.2, -0.15) is 5.26 Å². The average Bonchev–Trinajstić information content (AvgIpc) is 3.37. The number of ether oxygens (including phenoxy) is 1. The first-order chi connectivity index (χ1) is 16.0. The zero-order valence-corrected chi connectivity index (χ0v) is 19.3. The molecule has 10 heteroatoms. The summed E-state index contributed by atoms with van der Waals surface area (Å²) in [5.41, 5.74) is 0.151. The lowest BCUT2D eigenvalue weighted by Gasteiger charge is -2.30. The maximum Gasteiger partial charge on any atom is 0.407 e. The quantitative estimate of drug-likeness (QED) is 0.504. The number of alkyl carbamates (subject to hydrolysis) is 1. The summed E-state index contributed by atoms with van der Waals surface area (Å²) in [7, 11) is 0. The lowest BCUT2D eigenvalue weighted by atomic mass is 10.00. The van der Waals surface area contributed by atoms with E-state index in [4.69, 9.17) is 4.74 Å². The van der Waals surface area contributed by atoms with Crippen LogP contribution < -0.4 is 10.2 Å². The molecule has 1 saturated carbocycles. The van der Waals surface area contributed by atoms with Crippen LogP contribution in [0.2, 0.25) is 0 Å². The van der Waals surface area contributed by atoms with E-state index in [0.29, 0.717) is 41.6 Å². The number of hydrogen-bond acceptors (Lipinski definition) is 8. The van der Waals surface area contributed by atoms with Crippen LogP contribution in [0.15, 0.2) is 36.7 Å². The van der Waals surface area contributed by atoms with Gasteiger partial charge in [-0.1, -0.05) is 0 Å². The lowest BCUT2D eigenvalue weighted by Crippen LogP contribution is -2.41. The van der Waals surface area contributed by atoms with E-state index in [1.165, 1.54) is 12.3 Å². The number of nitro groups is 1. The SMILES string of the molecule is CC(C)(C)OC(=O)NC1CC(C2(O)CC2)N(c2cc(-c3cnccc3C#N)ccc2[N+](=O)[O-])C1. The summed E-state index contributed by atoms with van der Waals surface area (Å²) in [6, 6.07) is 7.59. The highest BCUT2D eigenvalue weighted by molar-refractivity contribution is 5.78. The summed E-state index contributed by atoms with van der Waals surface area (Å²) in [4.78, 5) is 29.7. The van der Waals surface area contributed by atoms with E-state index < -0.39 is 28.3 Å². The average molecular weight is 466 g/mol. The molecule has 2 aromatic rings.